The van der Waals surface area contributed by atoms with Crippen molar-refractivity contribution in [1.29, 1.82) is 0 Å². The minimum Gasteiger partial charge on any atom is -0.330 e. The lowest BCUT2D eigenvalue weighted by molar-refractivity contribution is 0.0683. The Hall–Kier alpha value is -1.56. The average Bonchev–Trinajstić information content (AvgIpc) is 2.96. The number of nitrogens with one attached hydrogen (secondary N) is 2. The first-order valence-corrected chi connectivity index (χ1v) is 8.26. The maximum Gasteiger partial charge on any atom is 0.275 e. The van der Waals surface area contributed by atoms with Crippen molar-refractivity contribution in [3.63, 3.8) is 0 Å². The summed E-state index contributed by atoms with van der Waals surface area (Å²) in [5.74, 6) is -0.0406. The van der Waals surface area contributed by atoms with Crippen LogP contribution in [-0.4, -0.2) is 33.6 Å². The van der Waals surface area contributed by atoms with Crippen LogP contribution in [0, 0.1) is 0 Å². The zero-order valence-corrected chi connectivity index (χ0v) is 15.4. The standard InChI is InChI=1S/C17H21ClN4O.ClH/c1-11(2)22(10-12-4-3-5-13(18)8-12)17(23)16-14-9-19-7-6-15(14)20-21-16;/h3-5,8,11,19H,6-7,9-10H2,1-2H3,(H,20,21);1H. The van der Waals surface area contributed by atoms with E-state index in [0.29, 0.717) is 23.8 Å². The van der Waals surface area contributed by atoms with E-state index >= 15 is 0 Å². The highest BCUT2D eigenvalue weighted by Gasteiger charge is 2.27. The van der Waals surface area contributed by atoms with Crippen LogP contribution in [0.15, 0.2) is 24.3 Å². The molecule has 3 rings (SSSR count). The summed E-state index contributed by atoms with van der Waals surface area (Å²) in [6.45, 7) is 6.15. The number of aromatic amines is 1. The zero-order chi connectivity index (χ0) is 16.4. The molecule has 0 atom stereocenters. The molecule has 130 valence electrons. The van der Waals surface area contributed by atoms with Crippen LogP contribution in [0.3, 0.4) is 0 Å². The highest BCUT2D eigenvalue weighted by atomic mass is 35.5. The summed E-state index contributed by atoms with van der Waals surface area (Å²) in [4.78, 5) is 14.8. The second-order valence-electron chi connectivity index (χ2n) is 6.11. The molecule has 1 aliphatic heterocycles. The number of aromatic nitrogens is 2. The number of hydrogen-bond donors (Lipinski definition) is 2. The van der Waals surface area contributed by atoms with Gasteiger partial charge < -0.3 is 10.2 Å². The molecule has 24 heavy (non-hydrogen) atoms. The van der Waals surface area contributed by atoms with Gasteiger partial charge in [0.1, 0.15) is 0 Å². The van der Waals surface area contributed by atoms with Crippen molar-refractivity contribution in [1.82, 2.24) is 20.4 Å². The summed E-state index contributed by atoms with van der Waals surface area (Å²) < 4.78 is 0. The molecule has 1 aliphatic rings. The van der Waals surface area contributed by atoms with E-state index < -0.39 is 0 Å². The van der Waals surface area contributed by atoms with Gasteiger partial charge in [-0.1, -0.05) is 23.7 Å². The Kier molecular flexibility index (Phi) is 6.27. The minimum atomic E-state index is -0.0406. The molecule has 7 heteroatoms. The Balaban J connectivity index is 0.00000208. The van der Waals surface area contributed by atoms with E-state index in [-0.39, 0.29) is 24.4 Å². The maximum absolute atomic E-state index is 13.0. The van der Waals surface area contributed by atoms with Crippen LogP contribution in [0.4, 0.5) is 0 Å². The highest BCUT2D eigenvalue weighted by Crippen LogP contribution is 2.20. The molecule has 0 bridgehead atoms. The van der Waals surface area contributed by atoms with Crippen LogP contribution in [-0.2, 0) is 19.5 Å². The number of carbonyl (C=O) groups excluding carboxylic acids is 1. The molecule has 2 aromatic rings. The molecule has 5 nitrogen and oxygen atoms in total. The van der Waals surface area contributed by atoms with Crippen molar-refractivity contribution in [3.8, 4) is 0 Å². The van der Waals surface area contributed by atoms with Crippen molar-refractivity contribution in [2.75, 3.05) is 6.54 Å². The first-order chi connectivity index (χ1) is 11.1. The molecular formula is C17H22Cl2N4O. The van der Waals surface area contributed by atoms with E-state index in [9.17, 15) is 4.79 Å². The molecule has 0 saturated heterocycles. The number of hydrogen-bond acceptors (Lipinski definition) is 3. The predicted molar refractivity (Wildman–Crippen MR) is 97.7 cm³/mol. The van der Waals surface area contributed by atoms with Gasteiger partial charge in [0, 0.05) is 48.4 Å². The molecule has 0 unspecified atom stereocenters. The topological polar surface area (TPSA) is 61.0 Å². The first-order valence-electron chi connectivity index (χ1n) is 7.88. The van der Waals surface area contributed by atoms with Gasteiger partial charge in [0.2, 0.25) is 0 Å². The number of amides is 1. The van der Waals surface area contributed by atoms with Crippen molar-refractivity contribution < 1.29 is 4.79 Å². The summed E-state index contributed by atoms with van der Waals surface area (Å²) in [5, 5.41) is 11.3. The van der Waals surface area contributed by atoms with Gasteiger partial charge in [-0.3, -0.25) is 9.89 Å². The SMILES string of the molecule is CC(C)N(Cc1cccc(Cl)c1)C(=O)c1n[nH]c2c1CNCC2.Cl. The molecular weight excluding hydrogens is 347 g/mol. The lowest BCUT2D eigenvalue weighted by Crippen LogP contribution is -2.37. The summed E-state index contributed by atoms with van der Waals surface area (Å²) in [6, 6.07) is 7.69. The van der Waals surface area contributed by atoms with Crippen molar-refractivity contribution >= 4 is 29.9 Å². The first kappa shape index (κ1) is 18.8. The van der Waals surface area contributed by atoms with Gasteiger partial charge in [0.15, 0.2) is 5.69 Å². The Labute approximate surface area is 153 Å². The van der Waals surface area contributed by atoms with Crippen molar-refractivity contribution in [2.45, 2.75) is 39.4 Å². The molecule has 0 saturated carbocycles. The number of halogens is 2. The monoisotopic (exact) mass is 368 g/mol. The molecule has 0 spiro atoms. The van der Waals surface area contributed by atoms with Gasteiger partial charge in [0.05, 0.1) is 0 Å². The minimum absolute atomic E-state index is 0. The number of fused-ring (bicyclic) bond motifs is 1. The Morgan fingerprint density at radius 2 is 2.21 bits per heavy atom. The fourth-order valence-corrected chi connectivity index (χ4v) is 3.07. The van der Waals surface area contributed by atoms with E-state index in [1.54, 1.807) is 0 Å². The molecule has 2 N–H and O–H groups in total. The highest BCUT2D eigenvalue weighted by molar-refractivity contribution is 6.30. The van der Waals surface area contributed by atoms with Crippen LogP contribution < -0.4 is 5.32 Å². The summed E-state index contributed by atoms with van der Waals surface area (Å²) in [5.41, 5.74) is 3.61. The van der Waals surface area contributed by atoms with E-state index in [0.717, 1.165) is 29.8 Å². The molecule has 0 fully saturated rings. The normalized spacial score (nSPS) is 13.3. The smallest absolute Gasteiger partial charge is 0.275 e. The summed E-state index contributed by atoms with van der Waals surface area (Å²) in [7, 11) is 0. The second-order valence-corrected chi connectivity index (χ2v) is 6.55. The maximum atomic E-state index is 13.0. The van der Waals surface area contributed by atoms with Crippen molar-refractivity contribution in [2.24, 2.45) is 0 Å². The number of rotatable bonds is 4. The lowest BCUT2D eigenvalue weighted by Gasteiger charge is -2.27. The van der Waals surface area contributed by atoms with Gasteiger partial charge in [-0.05, 0) is 31.5 Å². The Bertz CT molecular complexity index is 714. The number of H-pyrrole nitrogens is 1. The quantitative estimate of drug-likeness (QED) is 0.870. The Morgan fingerprint density at radius 3 is 2.92 bits per heavy atom. The molecule has 1 amide bonds. The zero-order valence-electron chi connectivity index (χ0n) is 13.8. The van der Waals surface area contributed by atoms with Gasteiger partial charge in [-0.25, -0.2) is 0 Å². The van der Waals surface area contributed by atoms with Gasteiger partial charge in [-0.15, -0.1) is 12.4 Å². The van der Waals surface area contributed by atoms with Crippen LogP contribution in [0.5, 0.6) is 0 Å². The van der Waals surface area contributed by atoms with Gasteiger partial charge in [-0.2, -0.15) is 5.10 Å². The van der Waals surface area contributed by atoms with Crippen molar-refractivity contribution in [3.05, 3.63) is 51.8 Å². The van der Waals surface area contributed by atoms with E-state index in [1.807, 2.05) is 43.0 Å². The molecule has 2 heterocycles. The fraction of sp³-hybridized carbons (Fsp3) is 0.412. The van der Waals surface area contributed by atoms with E-state index in [4.69, 9.17) is 11.6 Å². The fourth-order valence-electron chi connectivity index (χ4n) is 2.86. The third-order valence-corrected chi connectivity index (χ3v) is 4.37. The van der Waals surface area contributed by atoms with Crippen LogP contribution in [0.25, 0.3) is 0 Å². The third-order valence-electron chi connectivity index (χ3n) is 4.14. The largest absolute Gasteiger partial charge is 0.330 e. The summed E-state index contributed by atoms with van der Waals surface area (Å²) in [6.07, 6.45) is 0.881. The molecule has 1 aromatic carbocycles. The number of nitrogens with zero attached hydrogens (tertiary/aromatic N) is 2. The van der Waals surface area contributed by atoms with Crippen LogP contribution in [0.1, 0.15) is 41.2 Å². The molecule has 1 aromatic heterocycles. The third kappa shape index (κ3) is 3.91. The predicted octanol–water partition coefficient (Wildman–Crippen LogP) is 3.18. The molecule has 0 radical (unpaired) electrons. The average molecular weight is 369 g/mol. The van der Waals surface area contributed by atoms with E-state index in [2.05, 4.69) is 15.5 Å². The van der Waals surface area contributed by atoms with E-state index in [1.165, 1.54) is 0 Å². The van der Waals surface area contributed by atoms with Gasteiger partial charge >= 0.3 is 0 Å². The van der Waals surface area contributed by atoms with Crippen LogP contribution >= 0.6 is 24.0 Å². The number of benzene rings is 1. The van der Waals surface area contributed by atoms with Crippen LogP contribution in [0.2, 0.25) is 5.02 Å². The Morgan fingerprint density at radius 1 is 1.42 bits per heavy atom. The van der Waals surface area contributed by atoms with Gasteiger partial charge in [0.25, 0.3) is 5.91 Å². The summed E-state index contributed by atoms with van der Waals surface area (Å²) >= 11 is 6.05. The number of carbonyl (C=O) groups is 1. The second kappa shape index (κ2) is 8.01. The molecule has 0 aliphatic carbocycles. The lowest BCUT2D eigenvalue weighted by atomic mass is 10.1.